The fourth-order valence-electron chi connectivity index (χ4n) is 2.83. The zero-order valence-corrected chi connectivity index (χ0v) is 16.7. The second-order valence-electron chi connectivity index (χ2n) is 6.14. The van der Waals surface area contributed by atoms with E-state index in [0.29, 0.717) is 11.3 Å². The Labute approximate surface area is 165 Å². The number of ether oxygens (including phenoxy) is 4. The van der Waals surface area contributed by atoms with Crippen molar-refractivity contribution in [3.63, 3.8) is 0 Å². The summed E-state index contributed by atoms with van der Waals surface area (Å²) < 4.78 is 21.4. The van der Waals surface area contributed by atoms with Crippen LogP contribution in [-0.4, -0.2) is 39.7 Å². The highest BCUT2D eigenvalue weighted by molar-refractivity contribution is 6.15. The fourth-order valence-corrected chi connectivity index (χ4v) is 2.83. The molecule has 0 saturated carbocycles. The average Bonchev–Trinajstić information content (AvgIpc) is 2.73. The molecule has 0 saturated heterocycles. The van der Waals surface area contributed by atoms with Crippen LogP contribution < -0.4 is 14.2 Å². The van der Waals surface area contributed by atoms with Crippen LogP contribution in [0, 0.1) is 0 Å². The predicted molar refractivity (Wildman–Crippen MR) is 105 cm³/mol. The Kier molecular flexibility index (Phi) is 7.87. The molecule has 28 heavy (non-hydrogen) atoms. The molecule has 0 aliphatic carbocycles. The van der Waals surface area contributed by atoms with Gasteiger partial charge in [-0.3, -0.25) is 9.59 Å². The minimum absolute atomic E-state index is 0.173. The Balaban J connectivity index is 2.52. The second-order valence-corrected chi connectivity index (χ2v) is 6.14. The largest absolute Gasteiger partial charge is 0.496 e. The Morgan fingerprint density at radius 3 is 2.04 bits per heavy atom. The molecule has 0 amide bonds. The molecule has 2 aromatic rings. The molecule has 0 fully saturated rings. The first kappa shape index (κ1) is 21.3. The van der Waals surface area contributed by atoms with E-state index in [0.717, 1.165) is 12.8 Å². The van der Waals surface area contributed by atoms with Gasteiger partial charge < -0.3 is 18.9 Å². The van der Waals surface area contributed by atoms with Crippen LogP contribution in [0.15, 0.2) is 42.5 Å². The Morgan fingerprint density at radius 2 is 1.54 bits per heavy atom. The van der Waals surface area contributed by atoms with E-state index < -0.39 is 17.7 Å². The number of hydrogen-bond donors (Lipinski definition) is 0. The van der Waals surface area contributed by atoms with E-state index in [1.165, 1.54) is 21.3 Å². The summed E-state index contributed by atoms with van der Waals surface area (Å²) in [4.78, 5) is 26.3. The van der Waals surface area contributed by atoms with Crippen LogP contribution in [0.2, 0.25) is 0 Å². The summed E-state index contributed by atoms with van der Waals surface area (Å²) in [5, 5.41) is 0. The Bertz CT molecular complexity index is 775. The highest BCUT2D eigenvalue weighted by Gasteiger charge is 2.35. The summed E-state index contributed by atoms with van der Waals surface area (Å²) in [5.74, 6) is -1.15. The third kappa shape index (κ3) is 4.82. The van der Waals surface area contributed by atoms with Crippen LogP contribution in [-0.2, 0) is 9.53 Å². The van der Waals surface area contributed by atoms with Crippen molar-refractivity contribution in [3.8, 4) is 17.2 Å². The molecule has 0 aliphatic heterocycles. The normalized spacial score (nSPS) is 11.4. The minimum atomic E-state index is -1.12. The highest BCUT2D eigenvalue weighted by atomic mass is 16.5. The maximum atomic E-state index is 13.5. The number of unbranched alkanes of at least 4 members (excludes halogenated alkanes) is 1. The van der Waals surface area contributed by atoms with Gasteiger partial charge in [-0.15, -0.1) is 0 Å². The van der Waals surface area contributed by atoms with E-state index in [1.54, 1.807) is 36.4 Å². The standard InChI is InChI=1S/C22H26O6/c1-5-6-12-28-22(24)19(15-10-8-7-9-11-15)21(23)20-17(26-3)13-16(25-2)14-18(20)27-4/h7-11,13-14,19H,5-6,12H2,1-4H3. The summed E-state index contributed by atoms with van der Waals surface area (Å²) >= 11 is 0. The summed E-state index contributed by atoms with van der Waals surface area (Å²) in [7, 11) is 4.40. The monoisotopic (exact) mass is 386 g/mol. The first-order chi connectivity index (χ1) is 13.6. The van der Waals surface area contributed by atoms with Gasteiger partial charge in [-0.1, -0.05) is 43.7 Å². The predicted octanol–water partition coefficient (Wildman–Crippen LogP) is 4.02. The van der Waals surface area contributed by atoms with E-state index in [9.17, 15) is 9.59 Å². The van der Waals surface area contributed by atoms with E-state index in [4.69, 9.17) is 18.9 Å². The molecule has 1 atom stereocenters. The maximum absolute atomic E-state index is 13.5. The Hall–Kier alpha value is -3.02. The molecule has 150 valence electrons. The smallest absolute Gasteiger partial charge is 0.321 e. The molecule has 0 heterocycles. The van der Waals surface area contributed by atoms with Crippen molar-refractivity contribution in [1.29, 1.82) is 0 Å². The van der Waals surface area contributed by atoms with Gasteiger partial charge in [0.05, 0.1) is 27.9 Å². The van der Waals surface area contributed by atoms with Crippen LogP contribution in [0.1, 0.15) is 41.6 Å². The third-order valence-corrected chi connectivity index (χ3v) is 4.33. The van der Waals surface area contributed by atoms with E-state index in [2.05, 4.69) is 0 Å². The number of ketones is 1. The molecule has 0 aliphatic rings. The van der Waals surface area contributed by atoms with E-state index in [-0.39, 0.29) is 23.7 Å². The number of carbonyl (C=O) groups is 2. The first-order valence-corrected chi connectivity index (χ1v) is 9.13. The number of Topliss-reactive ketones (excluding diaryl/α,β-unsaturated/α-hetero) is 1. The molecular weight excluding hydrogens is 360 g/mol. The lowest BCUT2D eigenvalue weighted by molar-refractivity contribution is -0.144. The second kappa shape index (κ2) is 10.3. The molecule has 2 rings (SSSR count). The van der Waals surface area contributed by atoms with Crippen molar-refractivity contribution >= 4 is 11.8 Å². The SMILES string of the molecule is CCCCOC(=O)C(C(=O)c1c(OC)cc(OC)cc1OC)c1ccccc1. The van der Waals surface area contributed by atoms with Crippen molar-refractivity contribution in [3.05, 3.63) is 53.6 Å². The van der Waals surface area contributed by atoms with Gasteiger partial charge in [0.15, 0.2) is 5.78 Å². The highest BCUT2D eigenvalue weighted by Crippen LogP contribution is 2.37. The third-order valence-electron chi connectivity index (χ3n) is 4.33. The van der Waals surface area contributed by atoms with Gasteiger partial charge in [0.25, 0.3) is 0 Å². The van der Waals surface area contributed by atoms with Crippen molar-refractivity contribution in [1.82, 2.24) is 0 Å². The molecule has 6 heteroatoms. The molecule has 0 N–H and O–H groups in total. The number of benzene rings is 2. The van der Waals surface area contributed by atoms with Gasteiger partial charge in [-0.25, -0.2) is 0 Å². The summed E-state index contributed by atoms with van der Waals surface area (Å²) in [6.45, 7) is 2.27. The lowest BCUT2D eigenvalue weighted by atomic mass is 9.89. The van der Waals surface area contributed by atoms with Crippen LogP contribution in [0.4, 0.5) is 0 Å². The molecular formula is C22H26O6. The van der Waals surface area contributed by atoms with Gasteiger partial charge in [0, 0.05) is 12.1 Å². The molecule has 6 nitrogen and oxygen atoms in total. The number of rotatable bonds is 10. The summed E-state index contributed by atoms with van der Waals surface area (Å²) in [6.07, 6.45) is 1.62. The van der Waals surface area contributed by atoms with Crippen LogP contribution >= 0.6 is 0 Å². The van der Waals surface area contributed by atoms with Crippen LogP contribution in [0.3, 0.4) is 0 Å². The molecule has 1 unspecified atom stereocenters. The van der Waals surface area contributed by atoms with Crippen LogP contribution in [0.25, 0.3) is 0 Å². The number of carbonyl (C=O) groups excluding carboxylic acids is 2. The molecule has 0 radical (unpaired) electrons. The van der Waals surface area contributed by atoms with Gasteiger partial charge in [0.2, 0.25) is 0 Å². The molecule has 0 spiro atoms. The minimum Gasteiger partial charge on any atom is -0.496 e. The molecule has 0 aromatic heterocycles. The van der Waals surface area contributed by atoms with Crippen LogP contribution in [0.5, 0.6) is 17.2 Å². The Morgan fingerprint density at radius 1 is 0.929 bits per heavy atom. The van der Waals surface area contributed by atoms with Crippen molar-refractivity contribution < 1.29 is 28.5 Å². The maximum Gasteiger partial charge on any atom is 0.321 e. The van der Waals surface area contributed by atoms with Crippen molar-refractivity contribution in [2.24, 2.45) is 0 Å². The molecule has 2 aromatic carbocycles. The number of esters is 1. The summed E-state index contributed by atoms with van der Waals surface area (Å²) in [6, 6.07) is 12.0. The van der Waals surface area contributed by atoms with Gasteiger partial charge in [-0.05, 0) is 12.0 Å². The zero-order chi connectivity index (χ0) is 20.5. The van der Waals surface area contributed by atoms with Gasteiger partial charge in [-0.2, -0.15) is 0 Å². The lowest BCUT2D eigenvalue weighted by Crippen LogP contribution is -2.25. The van der Waals surface area contributed by atoms with E-state index >= 15 is 0 Å². The van der Waals surface area contributed by atoms with Gasteiger partial charge >= 0.3 is 5.97 Å². The quantitative estimate of drug-likeness (QED) is 0.266. The number of hydrogen-bond acceptors (Lipinski definition) is 6. The topological polar surface area (TPSA) is 71.1 Å². The van der Waals surface area contributed by atoms with Gasteiger partial charge in [0.1, 0.15) is 28.7 Å². The first-order valence-electron chi connectivity index (χ1n) is 9.13. The average molecular weight is 386 g/mol. The van der Waals surface area contributed by atoms with Crippen molar-refractivity contribution in [2.45, 2.75) is 25.7 Å². The molecule has 0 bridgehead atoms. The zero-order valence-electron chi connectivity index (χ0n) is 16.7. The fraction of sp³-hybridized carbons (Fsp3) is 0.364. The van der Waals surface area contributed by atoms with E-state index in [1.807, 2.05) is 13.0 Å². The summed E-state index contributed by atoms with van der Waals surface area (Å²) in [5.41, 5.74) is 0.723. The number of methoxy groups -OCH3 is 3. The van der Waals surface area contributed by atoms with Crippen molar-refractivity contribution in [2.75, 3.05) is 27.9 Å². The lowest BCUT2D eigenvalue weighted by Gasteiger charge is -2.19.